The summed E-state index contributed by atoms with van der Waals surface area (Å²) in [6.07, 6.45) is 8.46. The van der Waals surface area contributed by atoms with E-state index >= 15 is 0 Å². The second-order valence-electron chi connectivity index (χ2n) is 33.9. The Morgan fingerprint density at radius 3 is 0.910 bits per heavy atom. The maximum absolute atomic E-state index is 8.79. The van der Waals surface area contributed by atoms with Gasteiger partial charge in [-0.1, -0.05) is 223 Å². The molecule has 0 saturated heterocycles. The van der Waals surface area contributed by atoms with Crippen molar-refractivity contribution in [3.8, 4) is 67.5 Å². The second-order valence-corrected chi connectivity index (χ2v) is 33.9. The molecule has 18 aromatic rings. The number of fused-ring (bicyclic) bond motifs is 9. The third kappa shape index (κ3) is 23.7. The minimum Gasteiger partial charge on any atom is -0.486 e. The molecular weight excluding hydrogens is 2180 g/mol. The van der Waals surface area contributed by atoms with Gasteiger partial charge in [0.2, 0.25) is 17.1 Å². The molecule has 6 aromatic carbocycles. The Hall–Kier alpha value is -11.0. The Morgan fingerprint density at radius 1 is 0.276 bits per heavy atom. The minimum absolute atomic E-state index is 0. The average molecular weight is 2340 g/mol. The average Bonchev–Trinajstić information content (AvgIpc) is 1.58. The molecule has 0 bridgehead atoms. The van der Waals surface area contributed by atoms with E-state index in [-0.39, 0.29) is 88.4 Å². The largest absolute Gasteiger partial charge is 0.486 e. The van der Waals surface area contributed by atoms with Crippen molar-refractivity contribution in [2.75, 3.05) is 0 Å². The fourth-order valence-electron chi connectivity index (χ4n) is 15.3. The maximum Gasteiger partial charge on any atom is 0.216 e. The van der Waals surface area contributed by atoms with Crippen molar-refractivity contribution in [2.45, 2.75) is 253 Å². The Morgan fingerprint density at radius 2 is 0.590 bits per heavy atom. The van der Waals surface area contributed by atoms with Gasteiger partial charge in [-0.05, 0) is 236 Å². The van der Waals surface area contributed by atoms with Crippen LogP contribution in [0.2, 0.25) is 0 Å². The van der Waals surface area contributed by atoms with E-state index < -0.39 is 101 Å². The first-order chi connectivity index (χ1) is 73.8. The van der Waals surface area contributed by atoms with Gasteiger partial charge in [0.15, 0.2) is 0 Å². The van der Waals surface area contributed by atoms with Gasteiger partial charge >= 0.3 is 0 Å². The van der Waals surface area contributed by atoms with Gasteiger partial charge in [0, 0.05) is 172 Å². The van der Waals surface area contributed by atoms with E-state index in [0.717, 1.165) is 74.7 Å². The molecule has 3 atom stereocenters. The molecule has 699 valence electrons. The van der Waals surface area contributed by atoms with E-state index in [1.807, 2.05) is 105 Å². The van der Waals surface area contributed by atoms with Crippen LogP contribution in [0.5, 0.6) is 0 Å². The van der Waals surface area contributed by atoms with Crippen molar-refractivity contribution in [1.29, 1.82) is 0 Å². The summed E-state index contributed by atoms with van der Waals surface area (Å²) in [5.41, 5.74) is 19.3. The van der Waals surface area contributed by atoms with Crippen LogP contribution in [0.15, 0.2) is 202 Å². The summed E-state index contributed by atoms with van der Waals surface area (Å²) in [7, 11) is 0. The zero-order chi connectivity index (χ0) is 120. The van der Waals surface area contributed by atoms with E-state index in [2.05, 4.69) is 81.3 Å². The molecule has 12 heterocycles. The Bertz CT molecular complexity index is 8280. The van der Waals surface area contributed by atoms with Crippen LogP contribution in [-0.4, -0.2) is 44.9 Å². The van der Waals surface area contributed by atoms with Crippen molar-refractivity contribution < 1.29 is 115 Å². The zero-order valence-electron chi connectivity index (χ0n) is 109. The van der Waals surface area contributed by atoms with Gasteiger partial charge in [0.05, 0.1) is 16.7 Å². The van der Waals surface area contributed by atoms with Gasteiger partial charge in [-0.3, -0.25) is 0 Å². The second kappa shape index (κ2) is 46.0. The molecular formula is C119H127Ir3N9O3-6. The van der Waals surface area contributed by atoms with Crippen LogP contribution in [0.3, 0.4) is 0 Å². The number of furan rings is 3. The van der Waals surface area contributed by atoms with Crippen molar-refractivity contribution >= 4 is 66.2 Å². The van der Waals surface area contributed by atoms with Gasteiger partial charge in [0.25, 0.3) is 0 Å². The molecule has 0 aliphatic heterocycles. The van der Waals surface area contributed by atoms with Crippen molar-refractivity contribution in [3.05, 3.63) is 337 Å². The summed E-state index contributed by atoms with van der Waals surface area (Å²) >= 11 is 0. The monoisotopic (exact) mass is 2340 g/mol. The smallest absolute Gasteiger partial charge is 0.216 e. The third-order valence-corrected chi connectivity index (χ3v) is 22.2. The summed E-state index contributed by atoms with van der Waals surface area (Å²) < 4.78 is 258. The summed E-state index contributed by atoms with van der Waals surface area (Å²) in [5, 5.41) is 3.87. The molecule has 0 fully saturated rings. The van der Waals surface area contributed by atoms with Gasteiger partial charge in [0.1, 0.15) is 0 Å². The zero-order valence-corrected chi connectivity index (χ0v) is 86.3. The van der Waals surface area contributed by atoms with Crippen molar-refractivity contribution in [3.63, 3.8) is 0 Å². The Kier molecular flexibility index (Phi) is 24.0. The van der Waals surface area contributed by atoms with Crippen LogP contribution in [0.25, 0.3) is 134 Å². The van der Waals surface area contributed by atoms with Crippen molar-refractivity contribution in [2.24, 2.45) is 0 Å². The van der Waals surface area contributed by atoms with E-state index in [1.54, 1.807) is 172 Å². The molecule has 12 aromatic heterocycles. The van der Waals surface area contributed by atoms with Crippen LogP contribution in [0.1, 0.15) is 330 Å². The van der Waals surface area contributed by atoms with Crippen LogP contribution in [0.4, 0.5) is 0 Å². The first-order valence-electron chi connectivity index (χ1n) is 57.9. The minimum atomic E-state index is -2.79. The third-order valence-electron chi connectivity index (χ3n) is 22.2. The van der Waals surface area contributed by atoms with Crippen LogP contribution >= 0.6 is 0 Å². The molecule has 0 amide bonds. The fourth-order valence-corrected chi connectivity index (χ4v) is 15.3. The van der Waals surface area contributed by atoms with E-state index in [0.29, 0.717) is 156 Å². The van der Waals surface area contributed by atoms with Crippen LogP contribution in [-0.2, 0) is 60.3 Å². The quantitative estimate of drug-likeness (QED) is 0.0897. The van der Waals surface area contributed by atoms with Gasteiger partial charge < -0.3 is 43.2 Å². The summed E-state index contributed by atoms with van der Waals surface area (Å²) in [6.45, 7) is 20.9. The topological polar surface area (TPSA) is 155 Å². The predicted molar refractivity (Wildman–Crippen MR) is 545 cm³/mol. The van der Waals surface area contributed by atoms with Crippen LogP contribution < -0.4 is 0 Å². The first kappa shape index (κ1) is 69.8. The summed E-state index contributed by atoms with van der Waals surface area (Å²) in [4.78, 5) is 39.7. The van der Waals surface area contributed by atoms with Crippen molar-refractivity contribution in [1.82, 2.24) is 44.9 Å². The van der Waals surface area contributed by atoms with E-state index in [4.69, 9.17) is 54.4 Å². The maximum atomic E-state index is 8.79. The van der Waals surface area contributed by atoms with Crippen LogP contribution in [0, 0.1) is 112 Å². The van der Waals surface area contributed by atoms with Gasteiger partial charge in [-0.2, -0.15) is 0 Å². The van der Waals surface area contributed by atoms with E-state index in [9.17, 15) is 0 Å². The Balaban J connectivity index is 0.000000205. The molecule has 0 aliphatic rings. The van der Waals surface area contributed by atoms with E-state index in [1.165, 1.54) is 50.8 Å². The summed E-state index contributed by atoms with van der Waals surface area (Å²) in [5.74, 6) is -11.9. The summed E-state index contributed by atoms with van der Waals surface area (Å²) in [6, 6.07) is 63.3. The Labute approximate surface area is 878 Å². The predicted octanol–water partition coefficient (Wildman–Crippen LogP) is 32.7. The number of aryl methyl sites for hydroxylation is 11. The number of hydrogen-bond acceptors (Lipinski definition) is 12. The number of benzene rings is 6. The normalized spacial score (nSPS) is 17.0. The first-order valence-corrected chi connectivity index (χ1v) is 42.9. The molecule has 12 nitrogen and oxygen atoms in total. The molecule has 3 unspecified atom stereocenters. The number of rotatable bonds is 15. The standard InChI is InChI=1S/2C27H31N2O.C26H29N2O.3C13H12N.3Ir/c1-14(2)19-9-10-20(23-12-21(15(3)4)17(7)13-28-23)26-24(19)25-22(16(5)6)11-18(8)29-27(25)30-26;1-14(2)19-9-10-20(23-11-17(7)22(13-28-23)16(5)6)26-24(19)25-21(15(3)4)12-18(8)29-27(25)30-26;1-14(2)18-10-11-27-22(13-18)20-9-8-19(15(3)4)23-24-21(16(5)6)12-17(7)28-26(24)29-25(20)23;3*1-10-8-13(14-9-11(10)2)12-6-4-3-5-7-12;;;/h2*9,11-16H,1-8H3;8,10-16H,1-7H3;3*3-6,8-9H,1-2H3;;;/q6*-1;;;/i3D3,14D,15D,16D;5D3,7D3,14D,15D,16D;1D3,14D,15D,16D;3*2D3;;;. The molecule has 0 N–H and O–H groups in total. The molecule has 18 rings (SSSR count). The fraction of sp³-hybridized carbons (Fsp3) is 0.319. The number of hydrogen-bond donors (Lipinski definition) is 0. The molecule has 3 radical (unpaired) electrons. The SMILES string of the molecule is [2H]C(C)(C)c1cc(C)nc2oc3c(-c4cc(C([2H])(C)C([2H])([2H])[2H])c(C)cn4)[c-]cc(C([2H])(C)C)c3c12.[2H]C(C)(C)c1cc(C)nc2oc3c(-c4cc(C([2H])(C)C([2H])([2H])[2H])ccn4)[c-]cc(C([2H])(C)C)c3c12.[2H]C([2H])([2H])c1cc(-c2[c-]cc(C([2H])(C)C)c3c2oc2nc(C)cc(C([2H])(C)C)c23)ncc1C([2H])(C)C([2H])([2H])[2H].[2H]C([2H])([2H])c1cnc(-c2[c-]cccc2)cc1C.[2H]C([2H])([2H])c1cnc(-c2[c-]cccc2)cc1C.[2H]C([2H])([2H])c1cnc(-c2[c-]cccc2)cc1C.[Ir].[Ir].[Ir]. The molecule has 134 heavy (non-hydrogen) atoms. The number of aromatic nitrogens is 9. The van der Waals surface area contributed by atoms with Gasteiger partial charge in [-0.25, -0.2) is 15.0 Å². The molecule has 0 aliphatic carbocycles. The number of pyridine rings is 9. The molecule has 15 heteroatoms. The molecule has 0 spiro atoms. The van der Waals surface area contributed by atoms with Gasteiger partial charge in [-0.15, -0.1) is 161 Å². The number of nitrogens with zero attached hydrogens (tertiary/aromatic N) is 9. The molecule has 0 saturated carbocycles.